The summed E-state index contributed by atoms with van der Waals surface area (Å²) in [7, 11) is -1.42. The molecule has 0 aromatic heterocycles. The Hall–Kier alpha value is -1.80. The van der Waals surface area contributed by atoms with Gasteiger partial charge in [-0.25, -0.2) is 8.42 Å². The molecule has 158 valence electrons. The average molecular weight is 440 g/mol. The number of nitrogens with zero attached hydrogens (tertiary/aromatic N) is 1. The molecule has 1 aliphatic heterocycles. The van der Waals surface area contributed by atoms with E-state index < -0.39 is 15.9 Å². The Morgan fingerprint density at radius 1 is 1.21 bits per heavy atom. The zero-order valence-corrected chi connectivity index (χ0v) is 17.9. The third-order valence-electron chi connectivity index (χ3n) is 4.98. The summed E-state index contributed by atoms with van der Waals surface area (Å²) < 4.78 is 34.8. The van der Waals surface area contributed by atoms with Crippen LogP contribution in [0.3, 0.4) is 0 Å². The van der Waals surface area contributed by atoms with Crippen LogP contribution in [-0.4, -0.2) is 62.3 Å². The van der Waals surface area contributed by atoms with Gasteiger partial charge in [0.15, 0.2) is 9.84 Å². The number of aliphatic hydroxyl groups excluding tert-OH is 1. The number of methoxy groups -OCH3 is 1. The minimum absolute atomic E-state index is 0.0717. The molecule has 2 aromatic rings. The number of hydrogen-bond donors (Lipinski definition) is 1. The molecule has 1 aliphatic rings. The molecular formula is C21H26ClNO5S. The van der Waals surface area contributed by atoms with Crippen molar-refractivity contribution < 1.29 is 23.0 Å². The van der Waals surface area contributed by atoms with Crippen LogP contribution in [0.15, 0.2) is 48.5 Å². The van der Waals surface area contributed by atoms with Gasteiger partial charge in [0.2, 0.25) is 0 Å². The van der Waals surface area contributed by atoms with Gasteiger partial charge >= 0.3 is 0 Å². The maximum atomic E-state index is 12.0. The minimum Gasteiger partial charge on any atom is -0.497 e. The summed E-state index contributed by atoms with van der Waals surface area (Å²) in [6, 6.07) is 14.6. The average Bonchev–Trinajstić information content (AvgIpc) is 3.07. The summed E-state index contributed by atoms with van der Waals surface area (Å²) in [4.78, 5) is 2.02. The van der Waals surface area contributed by atoms with Crippen molar-refractivity contribution in [2.24, 2.45) is 0 Å². The van der Waals surface area contributed by atoms with Crippen LogP contribution in [0.2, 0.25) is 5.02 Å². The zero-order valence-electron chi connectivity index (χ0n) is 16.3. The number of sulfone groups is 1. The van der Waals surface area contributed by atoms with Crippen molar-refractivity contribution in [3.8, 4) is 11.5 Å². The molecule has 2 aromatic carbocycles. The Labute approximate surface area is 176 Å². The molecule has 0 saturated carbocycles. The number of hydrogen-bond acceptors (Lipinski definition) is 6. The molecule has 8 heteroatoms. The molecular weight excluding hydrogens is 414 g/mol. The molecule has 0 spiro atoms. The normalized spacial score (nSPS) is 19.2. The molecule has 0 bridgehead atoms. The quantitative estimate of drug-likeness (QED) is 0.647. The van der Waals surface area contributed by atoms with Gasteiger partial charge in [0, 0.05) is 19.1 Å². The Morgan fingerprint density at radius 2 is 1.93 bits per heavy atom. The Balaban J connectivity index is 1.66. The summed E-state index contributed by atoms with van der Waals surface area (Å²) in [5.74, 6) is 1.57. The SMILES string of the molecule is COc1ccc(CN(CC(O)COc2ccccc2Cl)C2CCS(=O)(=O)C2)cc1. The molecule has 0 aliphatic carbocycles. The van der Waals surface area contributed by atoms with Crippen LogP contribution in [0.25, 0.3) is 0 Å². The minimum atomic E-state index is -3.03. The van der Waals surface area contributed by atoms with E-state index >= 15 is 0 Å². The van der Waals surface area contributed by atoms with Crippen LogP contribution < -0.4 is 9.47 Å². The van der Waals surface area contributed by atoms with Crippen molar-refractivity contribution in [1.29, 1.82) is 0 Å². The summed E-state index contributed by atoms with van der Waals surface area (Å²) in [5, 5.41) is 11.0. The van der Waals surface area contributed by atoms with Crippen molar-refractivity contribution in [2.75, 3.05) is 31.8 Å². The lowest BCUT2D eigenvalue weighted by Crippen LogP contribution is -2.42. The second-order valence-electron chi connectivity index (χ2n) is 7.23. The number of rotatable bonds is 9. The smallest absolute Gasteiger partial charge is 0.151 e. The Bertz CT molecular complexity index is 904. The van der Waals surface area contributed by atoms with E-state index in [0.29, 0.717) is 30.3 Å². The van der Waals surface area contributed by atoms with Gasteiger partial charge in [-0.05, 0) is 36.2 Å². The Kier molecular flexibility index (Phi) is 7.40. The first-order valence-corrected chi connectivity index (χ1v) is 11.7. The topological polar surface area (TPSA) is 76.1 Å². The number of benzene rings is 2. The molecule has 3 rings (SSSR count). The van der Waals surface area contributed by atoms with E-state index in [9.17, 15) is 13.5 Å². The highest BCUT2D eigenvalue weighted by Crippen LogP contribution is 2.24. The number of halogens is 1. The van der Waals surface area contributed by atoms with Gasteiger partial charge in [-0.3, -0.25) is 4.90 Å². The van der Waals surface area contributed by atoms with Crippen LogP contribution in [0.5, 0.6) is 11.5 Å². The van der Waals surface area contributed by atoms with Crippen molar-refractivity contribution in [1.82, 2.24) is 4.90 Å². The molecule has 1 saturated heterocycles. The predicted octanol–water partition coefficient (Wildman–Crippen LogP) is 2.78. The third-order valence-corrected chi connectivity index (χ3v) is 7.05. The largest absolute Gasteiger partial charge is 0.497 e. The lowest BCUT2D eigenvalue weighted by molar-refractivity contribution is 0.0525. The van der Waals surface area contributed by atoms with Crippen LogP contribution in [0, 0.1) is 0 Å². The molecule has 0 radical (unpaired) electrons. The van der Waals surface area contributed by atoms with Gasteiger partial charge in [0.25, 0.3) is 0 Å². The summed E-state index contributed by atoms with van der Waals surface area (Å²) in [6.45, 7) is 0.909. The van der Waals surface area contributed by atoms with E-state index in [1.54, 1.807) is 19.2 Å². The predicted molar refractivity (Wildman–Crippen MR) is 113 cm³/mol. The highest BCUT2D eigenvalue weighted by Gasteiger charge is 2.33. The Morgan fingerprint density at radius 3 is 2.55 bits per heavy atom. The fourth-order valence-electron chi connectivity index (χ4n) is 3.44. The maximum Gasteiger partial charge on any atom is 0.151 e. The van der Waals surface area contributed by atoms with Crippen molar-refractivity contribution in [2.45, 2.75) is 25.1 Å². The molecule has 6 nitrogen and oxygen atoms in total. The molecule has 29 heavy (non-hydrogen) atoms. The zero-order chi connectivity index (χ0) is 20.9. The van der Waals surface area contributed by atoms with E-state index in [-0.39, 0.29) is 24.2 Å². The molecule has 1 heterocycles. The third kappa shape index (κ3) is 6.34. The van der Waals surface area contributed by atoms with Crippen molar-refractivity contribution in [3.05, 3.63) is 59.1 Å². The fraction of sp³-hybridized carbons (Fsp3) is 0.429. The number of aliphatic hydroxyl groups is 1. The lowest BCUT2D eigenvalue weighted by atomic mass is 10.1. The van der Waals surface area contributed by atoms with Gasteiger partial charge in [0.1, 0.15) is 24.2 Å². The highest BCUT2D eigenvalue weighted by atomic mass is 35.5. The number of ether oxygens (including phenoxy) is 2. The second kappa shape index (κ2) is 9.80. The van der Waals surface area contributed by atoms with Gasteiger partial charge in [-0.15, -0.1) is 0 Å². The van der Waals surface area contributed by atoms with Gasteiger partial charge in [-0.2, -0.15) is 0 Å². The molecule has 1 fully saturated rings. The second-order valence-corrected chi connectivity index (χ2v) is 9.87. The van der Waals surface area contributed by atoms with E-state index in [0.717, 1.165) is 11.3 Å². The molecule has 2 atom stereocenters. The molecule has 2 unspecified atom stereocenters. The van der Waals surface area contributed by atoms with E-state index in [1.807, 2.05) is 41.3 Å². The summed E-state index contributed by atoms with van der Waals surface area (Å²) in [5.41, 5.74) is 1.02. The highest BCUT2D eigenvalue weighted by molar-refractivity contribution is 7.91. The first kappa shape index (κ1) is 21.9. The van der Waals surface area contributed by atoms with E-state index in [2.05, 4.69) is 0 Å². The van der Waals surface area contributed by atoms with E-state index in [4.69, 9.17) is 21.1 Å². The fourth-order valence-corrected chi connectivity index (χ4v) is 5.39. The van der Waals surface area contributed by atoms with E-state index in [1.165, 1.54) is 0 Å². The molecule has 0 amide bonds. The van der Waals surface area contributed by atoms with Crippen molar-refractivity contribution >= 4 is 21.4 Å². The molecule has 1 N–H and O–H groups in total. The summed E-state index contributed by atoms with van der Waals surface area (Å²) >= 11 is 6.09. The first-order chi connectivity index (χ1) is 13.9. The first-order valence-electron chi connectivity index (χ1n) is 9.49. The van der Waals surface area contributed by atoms with Gasteiger partial charge in [0.05, 0.1) is 23.6 Å². The lowest BCUT2D eigenvalue weighted by Gasteiger charge is -2.30. The summed E-state index contributed by atoms with van der Waals surface area (Å²) in [6.07, 6.45) is -0.218. The number of para-hydroxylation sites is 1. The van der Waals surface area contributed by atoms with Crippen molar-refractivity contribution in [3.63, 3.8) is 0 Å². The maximum absolute atomic E-state index is 12.0. The van der Waals surface area contributed by atoms with Gasteiger partial charge < -0.3 is 14.6 Å². The monoisotopic (exact) mass is 439 g/mol. The van der Waals surface area contributed by atoms with Crippen LogP contribution in [0.1, 0.15) is 12.0 Å². The van der Waals surface area contributed by atoms with Crippen LogP contribution in [0.4, 0.5) is 0 Å². The van der Waals surface area contributed by atoms with Crippen LogP contribution >= 0.6 is 11.6 Å². The van der Waals surface area contributed by atoms with Crippen LogP contribution in [-0.2, 0) is 16.4 Å². The van der Waals surface area contributed by atoms with Gasteiger partial charge in [-0.1, -0.05) is 35.9 Å². The standard InChI is InChI=1S/C21H26ClNO5S/c1-27-19-8-6-16(7-9-19)12-23(17-10-11-29(25,26)15-17)13-18(24)14-28-21-5-3-2-4-20(21)22/h2-9,17-18,24H,10-15H2,1H3.